The van der Waals surface area contributed by atoms with Gasteiger partial charge in [-0.1, -0.05) is 32.9 Å². The normalized spacial score (nSPS) is 32.5. The molecule has 3 rings (SSSR count). The fourth-order valence-electron chi connectivity index (χ4n) is 6.12. The van der Waals surface area contributed by atoms with E-state index in [-0.39, 0.29) is 52.8 Å². The van der Waals surface area contributed by atoms with E-state index in [0.29, 0.717) is 19.6 Å². The van der Waals surface area contributed by atoms with Gasteiger partial charge in [0.25, 0.3) is 0 Å². The van der Waals surface area contributed by atoms with Gasteiger partial charge in [-0.05, 0) is 66.5 Å². The number of aliphatic hydroxyl groups is 1. The third-order valence-corrected chi connectivity index (χ3v) is 8.20. The third kappa shape index (κ3) is 5.93. The Morgan fingerprint density at radius 2 is 1.91 bits per heavy atom. The summed E-state index contributed by atoms with van der Waals surface area (Å²) in [6.07, 6.45) is 3.34. The van der Waals surface area contributed by atoms with Crippen LogP contribution in [-0.4, -0.2) is 42.8 Å². The van der Waals surface area contributed by atoms with Gasteiger partial charge < -0.3 is 20.5 Å². The van der Waals surface area contributed by atoms with E-state index >= 15 is 0 Å². The molecule has 7 atom stereocenters. The molecular weight excluding hydrogens is 423 g/mol. The van der Waals surface area contributed by atoms with Crippen LogP contribution < -0.4 is 10.6 Å². The molecule has 3 N–H and O–H groups in total. The van der Waals surface area contributed by atoms with E-state index in [0.717, 1.165) is 31.2 Å². The number of ether oxygens (including phenoxy) is 1. The number of amides is 2. The van der Waals surface area contributed by atoms with Gasteiger partial charge in [0.05, 0.1) is 12.7 Å². The number of carbonyl (C=O) groups excluding carboxylic acids is 2. The molecule has 0 unspecified atom stereocenters. The van der Waals surface area contributed by atoms with Crippen LogP contribution in [0.15, 0.2) is 24.3 Å². The molecule has 0 heterocycles. The van der Waals surface area contributed by atoms with Crippen LogP contribution in [0.25, 0.3) is 0 Å². The Morgan fingerprint density at radius 3 is 2.58 bits per heavy atom. The van der Waals surface area contributed by atoms with Gasteiger partial charge in [0, 0.05) is 32.0 Å². The summed E-state index contributed by atoms with van der Waals surface area (Å²) in [5.41, 5.74) is 0.842. The molecule has 0 spiro atoms. The molecule has 2 fully saturated rings. The van der Waals surface area contributed by atoms with Gasteiger partial charge in [-0.3, -0.25) is 9.59 Å². The highest BCUT2D eigenvalue weighted by Crippen LogP contribution is 2.55. The van der Waals surface area contributed by atoms with E-state index in [4.69, 9.17) is 4.74 Å². The first kappa shape index (κ1) is 25.6. The van der Waals surface area contributed by atoms with E-state index in [2.05, 4.69) is 24.5 Å². The summed E-state index contributed by atoms with van der Waals surface area (Å²) in [5.74, 6) is -0.766. The summed E-state index contributed by atoms with van der Waals surface area (Å²) in [7, 11) is 1.58. The maximum absolute atomic E-state index is 13.1. The molecule has 2 aliphatic rings. The molecule has 7 heteroatoms. The standard InChI is InChI=1S/C26H39FN2O4/c1-16(25(32)28-15-18-5-7-19(27)8-6-18)20-9-12-26(3)13-10-21(17(2)23(26)24(20)31)29-22(30)11-14-33-4/h5-8,16-17,20-21,23-24,31H,9-15H2,1-4H3,(H,28,32)(H,29,30)/t16-,17-,20+,21-,23+,24-,26+/m0/s1. The van der Waals surface area contributed by atoms with Crippen molar-refractivity contribution in [3.63, 3.8) is 0 Å². The average molecular weight is 463 g/mol. The molecule has 0 bridgehead atoms. The van der Waals surface area contributed by atoms with Crippen molar-refractivity contribution in [3.8, 4) is 0 Å². The smallest absolute Gasteiger partial charge is 0.223 e. The molecule has 1 aromatic carbocycles. The van der Waals surface area contributed by atoms with E-state index < -0.39 is 6.10 Å². The number of hydrogen-bond donors (Lipinski definition) is 3. The predicted molar refractivity (Wildman–Crippen MR) is 125 cm³/mol. The molecule has 6 nitrogen and oxygen atoms in total. The summed E-state index contributed by atoms with van der Waals surface area (Å²) in [6.45, 7) is 6.97. The lowest BCUT2D eigenvalue weighted by Crippen LogP contribution is -2.58. The van der Waals surface area contributed by atoms with Crippen molar-refractivity contribution in [2.45, 2.75) is 71.6 Å². The summed E-state index contributed by atoms with van der Waals surface area (Å²) in [5, 5.41) is 17.6. The second-order valence-corrected chi connectivity index (χ2v) is 10.3. The Balaban J connectivity index is 1.63. The van der Waals surface area contributed by atoms with Crippen molar-refractivity contribution in [1.82, 2.24) is 10.6 Å². The Bertz CT molecular complexity index is 817. The van der Waals surface area contributed by atoms with Crippen LogP contribution in [0.2, 0.25) is 0 Å². The second-order valence-electron chi connectivity index (χ2n) is 10.3. The summed E-state index contributed by atoms with van der Waals surface area (Å²) < 4.78 is 18.1. The van der Waals surface area contributed by atoms with Crippen LogP contribution in [-0.2, 0) is 20.9 Å². The molecule has 0 aliphatic heterocycles. The zero-order valence-corrected chi connectivity index (χ0v) is 20.3. The molecule has 2 amide bonds. The quantitative estimate of drug-likeness (QED) is 0.552. The minimum Gasteiger partial charge on any atom is -0.392 e. The minimum atomic E-state index is -0.607. The fraction of sp³-hybridized carbons (Fsp3) is 0.692. The first-order chi connectivity index (χ1) is 15.7. The molecule has 2 aliphatic carbocycles. The maximum Gasteiger partial charge on any atom is 0.223 e. The van der Waals surface area contributed by atoms with Gasteiger partial charge >= 0.3 is 0 Å². The fourth-order valence-corrected chi connectivity index (χ4v) is 6.12. The molecule has 0 saturated heterocycles. The average Bonchev–Trinajstić information content (AvgIpc) is 2.78. The van der Waals surface area contributed by atoms with E-state index in [1.165, 1.54) is 12.1 Å². The van der Waals surface area contributed by atoms with E-state index in [1.807, 2.05) is 6.92 Å². The van der Waals surface area contributed by atoms with Crippen molar-refractivity contribution in [1.29, 1.82) is 0 Å². The van der Waals surface area contributed by atoms with Crippen LogP contribution in [0.5, 0.6) is 0 Å². The SMILES string of the molecule is COCCC(=O)N[C@H]1CC[C@@]2(C)CC[C@H]([C@H](C)C(=O)NCc3ccc(F)cc3)[C@H](O)[C@H]2[C@H]1C. The van der Waals surface area contributed by atoms with Gasteiger partial charge in [-0.2, -0.15) is 0 Å². The molecule has 184 valence electrons. The minimum absolute atomic E-state index is 0.00734. The molecule has 0 radical (unpaired) electrons. The number of carbonyl (C=O) groups is 2. The predicted octanol–water partition coefficient (Wildman–Crippen LogP) is 3.42. The topological polar surface area (TPSA) is 87.7 Å². The number of rotatable bonds is 8. The number of hydrogen-bond acceptors (Lipinski definition) is 4. The van der Waals surface area contributed by atoms with Crippen LogP contribution in [0, 0.1) is 34.9 Å². The van der Waals surface area contributed by atoms with Crippen LogP contribution in [0.4, 0.5) is 4.39 Å². The lowest BCUT2D eigenvalue weighted by molar-refractivity contribution is -0.144. The highest BCUT2D eigenvalue weighted by Gasteiger charge is 2.53. The highest BCUT2D eigenvalue weighted by molar-refractivity contribution is 5.78. The number of nitrogens with one attached hydrogen (secondary N) is 2. The van der Waals surface area contributed by atoms with E-state index in [1.54, 1.807) is 19.2 Å². The van der Waals surface area contributed by atoms with Crippen molar-refractivity contribution < 1.29 is 23.8 Å². The number of halogens is 1. The largest absolute Gasteiger partial charge is 0.392 e. The van der Waals surface area contributed by atoms with Crippen molar-refractivity contribution in [3.05, 3.63) is 35.6 Å². The number of methoxy groups -OCH3 is 1. The molecule has 1 aromatic rings. The van der Waals surface area contributed by atoms with Crippen LogP contribution in [0.3, 0.4) is 0 Å². The van der Waals surface area contributed by atoms with Crippen molar-refractivity contribution >= 4 is 11.8 Å². The number of aliphatic hydroxyl groups excluding tert-OH is 1. The molecular formula is C26H39FN2O4. The number of benzene rings is 1. The van der Waals surface area contributed by atoms with Gasteiger partial charge in [-0.25, -0.2) is 4.39 Å². The van der Waals surface area contributed by atoms with E-state index in [9.17, 15) is 19.1 Å². The third-order valence-electron chi connectivity index (χ3n) is 8.20. The zero-order valence-electron chi connectivity index (χ0n) is 20.3. The summed E-state index contributed by atoms with van der Waals surface area (Å²) >= 11 is 0. The molecule has 0 aromatic heterocycles. The van der Waals surface area contributed by atoms with Gasteiger partial charge in [0.15, 0.2) is 0 Å². The lowest BCUT2D eigenvalue weighted by atomic mass is 9.51. The Kier molecular flexibility index (Phi) is 8.51. The molecule has 2 saturated carbocycles. The first-order valence-corrected chi connectivity index (χ1v) is 12.1. The van der Waals surface area contributed by atoms with Gasteiger partial charge in [0.1, 0.15) is 5.82 Å². The van der Waals surface area contributed by atoms with Gasteiger partial charge in [0.2, 0.25) is 11.8 Å². The van der Waals surface area contributed by atoms with Crippen molar-refractivity contribution in [2.24, 2.45) is 29.1 Å². The van der Waals surface area contributed by atoms with Gasteiger partial charge in [-0.15, -0.1) is 0 Å². The van der Waals surface area contributed by atoms with Crippen LogP contribution in [0.1, 0.15) is 58.4 Å². The maximum atomic E-state index is 13.1. The summed E-state index contributed by atoms with van der Waals surface area (Å²) in [6, 6.07) is 6.10. The first-order valence-electron chi connectivity index (χ1n) is 12.1. The number of fused-ring (bicyclic) bond motifs is 1. The van der Waals surface area contributed by atoms with Crippen molar-refractivity contribution in [2.75, 3.05) is 13.7 Å². The Labute approximate surface area is 196 Å². The zero-order chi connectivity index (χ0) is 24.2. The Morgan fingerprint density at radius 1 is 1.24 bits per heavy atom. The lowest BCUT2D eigenvalue weighted by Gasteiger charge is -2.56. The summed E-state index contributed by atoms with van der Waals surface area (Å²) in [4.78, 5) is 25.2. The highest BCUT2D eigenvalue weighted by atomic mass is 19.1. The monoisotopic (exact) mass is 462 g/mol. The second kappa shape index (κ2) is 11.0. The molecule has 33 heavy (non-hydrogen) atoms. The van der Waals surface area contributed by atoms with Crippen LogP contribution >= 0.6 is 0 Å². The Hall–Kier alpha value is -1.99.